The van der Waals surface area contributed by atoms with Crippen molar-refractivity contribution in [3.8, 4) is 0 Å². The van der Waals surface area contributed by atoms with Crippen molar-refractivity contribution in [2.75, 3.05) is 0 Å². The van der Waals surface area contributed by atoms with E-state index < -0.39 is 6.10 Å². The molecule has 98 valence electrons. The third kappa shape index (κ3) is 2.41. The molecular formula is C17H17ClO. The molecule has 3 rings (SSSR count). The molecule has 0 aliphatic heterocycles. The number of rotatable bonds is 3. The summed E-state index contributed by atoms with van der Waals surface area (Å²) >= 11 is 6.21. The summed E-state index contributed by atoms with van der Waals surface area (Å²) < 4.78 is 0. The van der Waals surface area contributed by atoms with Gasteiger partial charge >= 0.3 is 0 Å². The topological polar surface area (TPSA) is 20.2 Å². The fraction of sp³-hybridized carbons (Fsp3) is 0.294. The third-order valence-electron chi connectivity index (χ3n) is 3.98. The summed E-state index contributed by atoms with van der Waals surface area (Å²) in [5.74, 6) is 0.462. The maximum atomic E-state index is 10.4. The molecule has 0 heterocycles. The minimum atomic E-state index is -0.480. The highest BCUT2D eigenvalue weighted by molar-refractivity contribution is 6.31. The maximum absolute atomic E-state index is 10.4. The largest absolute Gasteiger partial charge is 0.388 e. The molecule has 0 fully saturated rings. The average molecular weight is 273 g/mol. The van der Waals surface area contributed by atoms with Gasteiger partial charge in [-0.3, -0.25) is 0 Å². The summed E-state index contributed by atoms with van der Waals surface area (Å²) in [4.78, 5) is 0. The van der Waals surface area contributed by atoms with Crippen molar-refractivity contribution < 1.29 is 5.11 Å². The molecule has 0 spiro atoms. The predicted molar refractivity (Wildman–Crippen MR) is 78.7 cm³/mol. The summed E-state index contributed by atoms with van der Waals surface area (Å²) in [5, 5.41) is 11.0. The van der Waals surface area contributed by atoms with E-state index in [0.717, 1.165) is 24.0 Å². The van der Waals surface area contributed by atoms with Gasteiger partial charge in [0.25, 0.3) is 0 Å². The normalized spacial score (nSPS) is 18.6. The molecule has 0 amide bonds. The Bertz CT molecular complexity index is 606. The Labute approximate surface area is 118 Å². The second kappa shape index (κ2) is 4.99. The zero-order valence-electron chi connectivity index (χ0n) is 10.9. The van der Waals surface area contributed by atoms with E-state index in [9.17, 15) is 5.11 Å². The van der Waals surface area contributed by atoms with E-state index in [0.29, 0.717) is 10.9 Å². The summed E-state index contributed by atoms with van der Waals surface area (Å²) in [5.41, 5.74) is 4.76. The second-order valence-electron chi connectivity index (χ2n) is 5.38. The van der Waals surface area contributed by atoms with Gasteiger partial charge in [-0.1, -0.05) is 48.0 Å². The van der Waals surface area contributed by atoms with Crippen molar-refractivity contribution in [3.63, 3.8) is 0 Å². The van der Waals surface area contributed by atoms with Gasteiger partial charge in [-0.25, -0.2) is 0 Å². The van der Waals surface area contributed by atoms with Crippen molar-refractivity contribution in [3.05, 3.63) is 69.7 Å². The fourth-order valence-electron chi connectivity index (χ4n) is 2.87. The number of halogens is 1. The van der Waals surface area contributed by atoms with Crippen molar-refractivity contribution in [2.45, 2.75) is 31.8 Å². The molecule has 2 atom stereocenters. The Kier molecular flexibility index (Phi) is 3.34. The molecule has 1 N–H and O–H groups in total. The predicted octanol–water partition coefficient (Wildman–Crippen LogP) is 4.41. The van der Waals surface area contributed by atoms with Gasteiger partial charge in [-0.2, -0.15) is 0 Å². The molecule has 2 aromatic carbocycles. The molecule has 1 aliphatic rings. The number of aliphatic hydroxyl groups excluding tert-OH is 1. The van der Waals surface area contributed by atoms with E-state index in [-0.39, 0.29) is 0 Å². The Morgan fingerprint density at radius 2 is 2.05 bits per heavy atom. The van der Waals surface area contributed by atoms with Crippen LogP contribution >= 0.6 is 11.6 Å². The molecule has 0 saturated carbocycles. The highest BCUT2D eigenvalue weighted by Crippen LogP contribution is 2.41. The minimum absolute atomic E-state index is 0.462. The second-order valence-corrected chi connectivity index (χ2v) is 5.78. The molecule has 1 nitrogen and oxygen atoms in total. The van der Waals surface area contributed by atoms with E-state index in [2.05, 4.69) is 24.3 Å². The standard InChI is InChI=1S/C17H17ClO/c1-11-6-7-15(16(18)8-11)17(19)10-13-9-12-4-2-3-5-14(12)13/h2-8,13,17,19H,9-10H2,1H3. The number of hydrogen-bond donors (Lipinski definition) is 1. The molecule has 0 aromatic heterocycles. The van der Waals surface area contributed by atoms with Gasteiger partial charge in [0.1, 0.15) is 0 Å². The van der Waals surface area contributed by atoms with Gasteiger partial charge < -0.3 is 5.11 Å². The van der Waals surface area contributed by atoms with E-state index in [1.807, 2.05) is 25.1 Å². The van der Waals surface area contributed by atoms with Crippen molar-refractivity contribution in [1.82, 2.24) is 0 Å². The van der Waals surface area contributed by atoms with Crippen LogP contribution in [0.3, 0.4) is 0 Å². The number of fused-ring (bicyclic) bond motifs is 1. The van der Waals surface area contributed by atoms with Crippen LogP contribution in [-0.4, -0.2) is 5.11 Å². The Morgan fingerprint density at radius 1 is 1.26 bits per heavy atom. The first-order valence-corrected chi connectivity index (χ1v) is 7.05. The molecule has 0 saturated heterocycles. The molecule has 19 heavy (non-hydrogen) atoms. The quantitative estimate of drug-likeness (QED) is 0.877. The Balaban J connectivity index is 1.75. The smallest absolute Gasteiger partial charge is 0.0810 e. The summed E-state index contributed by atoms with van der Waals surface area (Å²) in [6, 6.07) is 14.3. The minimum Gasteiger partial charge on any atom is -0.388 e. The fourth-order valence-corrected chi connectivity index (χ4v) is 3.23. The number of aliphatic hydroxyl groups is 1. The maximum Gasteiger partial charge on any atom is 0.0810 e. The van der Waals surface area contributed by atoms with Crippen molar-refractivity contribution in [1.29, 1.82) is 0 Å². The van der Waals surface area contributed by atoms with Crippen molar-refractivity contribution in [2.24, 2.45) is 0 Å². The highest BCUT2D eigenvalue weighted by Gasteiger charge is 2.28. The first kappa shape index (κ1) is 12.7. The summed E-state index contributed by atoms with van der Waals surface area (Å²) in [6.45, 7) is 2.00. The summed E-state index contributed by atoms with van der Waals surface area (Å²) in [6.07, 6.45) is 1.34. The molecule has 2 heteroatoms. The van der Waals surface area contributed by atoms with Crippen LogP contribution in [0, 0.1) is 6.92 Å². The van der Waals surface area contributed by atoms with Gasteiger partial charge in [0.05, 0.1) is 6.10 Å². The van der Waals surface area contributed by atoms with Crippen LogP contribution in [-0.2, 0) is 6.42 Å². The van der Waals surface area contributed by atoms with E-state index in [1.165, 1.54) is 11.1 Å². The van der Waals surface area contributed by atoms with Gasteiger partial charge in [-0.05, 0) is 54.0 Å². The summed E-state index contributed by atoms with van der Waals surface area (Å²) in [7, 11) is 0. The molecule has 0 radical (unpaired) electrons. The first-order chi connectivity index (χ1) is 9.15. The average Bonchev–Trinajstić information content (AvgIpc) is 2.35. The molecule has 2 aromatic rings. The SMILES string of the molecule is Cc1ccc(C(O)CC2Cc3ccccc32)c(Cl)c1. The third-order valence-corrected chi connectivity index (χ3v) is 4.31. The Morgan fingerprint density at radius 3 is 2.79 bits per heavy atom. The number of aryl methyl sites for hydroxylation is 1. The van der Waals surface area contributed by atoms with Crippen LogP contribution in [0.25, 0.3) is 0 Å². The number of hydrogen-bond acceptors (Lipinski definition) is 1. The van der Waals surface area contributed by atoms with E-state index in [4.69, 9.17) is 11.6 Å². The first-order valence-electron chi connectivity index (χ1n) is 6.67. The van der Waals surface area contributed by atoms with Crippen LogP contribution in [0.5, 0.6) is 0 Å². The van der Waals surface area contributed by atoms with E-state index >= 15 is 0 Å². The molecule has 1 aliphatic carbocycles. The zero-order valence-corrected chi connectivity index (χ0v) is 11.7. The van der Waals surface area contributed by atoms with Gasteiger partial charge in [0, 0.05) is 5.02 Å². The monoisotopic (exact) mass is 272 g/mol. The lowest BCUT2D eigenvalue weighted by molar-refractivity contribution is 0.153. The molecule has 0 bridgehead atoms. The van der Waals surface area contributed by atoms with Gasteiger partial charge in [-0.15, -0.1) is 0 Å². The van der Waals surface area contributed by atoms with Gasteiger partial charge in [0.2, 0.25) is 0 Å². The zero-order chi connectivity index (χ0) is 13.4. The van der Waals surface area contributed by atoms with Crippen LogP contribution in [0.4, 0.5) is 0 Å². The highest BCUT2D eigenvalue weighted by atomic mass is 35.5. The molecule has 2 unspecified atom stereocenters. The van der Waals surface area contributed by atoms with Crippen LogP contribution in [0.15, 0.2) is 42.5 Å². The lowest BCUT2D eigenvalue weighted by Gasteiger charge is -2.32. The van der Waals surface area contributed by atoms with Crippen molar-refractivity contribution >= 4 is 11.6 Å². The van der Waals surface area contributed by atoms with E-state index in [1.54, 1.807) is 0 Å². The van der Waals surface area contributed by atoms with Crippen LogP contribution in [0.1, 0.15) is 40.7 Å². The number of benzene rings is 2. The lowest BCUT2D eigenvalue weighted by Crippen LogP contribution is -2.19. The Hall–Kier alpha value is -1.31. The van der Waals surface area contributed by atoms with Crippen LogP contribution in [0.2, 0.25) is 5.02 Å². The van der Waals surface area contributed by atoms with Crippen LogP contribution < -0.4 is 0 Å². The van der Waals surface area contributed by atoms with Gasteiger partial charge in [0.15, 0.2) is 0 Å². The lowest BCUT2D eigenvalue weighted by atomic mass is 9.74. The molecular weight excluding hydrogens is 256 g/mol.